The van der Waals surface area contributed by atoms with E-state index in [0.29, 0.717) is 12.1 Å². The Hall–Kier alpha value is -2.35. The van der Waals surface area contributed by atoms with Gasteiger partial charge in [0.1, 0.15) is 5.41 Å². The van der Waals surface area contributed by atoms with Crippen LogP contribution in [0.5, 0.6) is 0 Å². The van der Waals surface area contributed by atoms with Crippen LogP contribution in [0.4, 0.5) is 0 Å². The van der Waals surface area contributed by atoms with E-state index in [0.717, 1.165) is 5.56 Å². The first-order valence-corrected chi connectivity index (χ1v) is 6.47. The number of nitrogens with one attached hydrogen (secondary N) is 2. The predicted octanol–water partition coefficient (Wildman–Crippen LogP) is 1.60. The summed E-state index contributed by atoms with van der Waals surface area (Å²) in [5.41, 5.74) is 0.311. The Balaban J connectivity index is 2.71. The number of rotatable bonds is 5. The van der Waals surface area contributed by atoms with Gasteiger partial charge < -0.3 is 10.6 Å². The van der Waals surface area contributed by atoms with E-state index < -0.39 is 5.41 Å². The van der Waals surface area contributed by atoms with Gasteiger partial charge >= 0.3 is 0 Å². The first kappa shape index (κ1) is 15.7. The molecule has 0 aromatic heterocycles. The molecule has 1 rings (SSSR count). The molecule has 0 unspecified atom stereocenters. The summed E-state index contributed by atoms with van der Waals surface area (Å²) in [6, 6.07) is 8.98. The Bertz CT molecular complexity index is 544. The molecule has 0 atom stereocenters. The van der Waals surface area contributed by atoms with Crippen molar-refractivity contribution in [3.8, 4) is 6.07 Å². The SMILES string of the molecule is CCNC(=O)c1cccc(CNC(=O)C(C)(C)C#N)c1. The highest BCUT2D eigenvalue weighted by Gasteiger charge is 2.26. The Labute approximate surface area is 119 Å². The monoisotopic (exact) mass is 273 g/mol. The van der Waals surface area contributed by atoms with Gasteiger partial charge in [0.15, 0.2) is 0 Å². The summed E-state index contributed by atoms with van der Waals surface area (Å²) < 4.78 is 0. The Morgan fingerprint density at radius 3 is 2.60 bits per heavy atom. The van der Waals surface area contributed by atoms with Gasteiger partial charge in [-0.15, -0.1) is 0 Å². The maximum atomic E-state index is 11.8. The third-order valence-electron chi connectivity index (χ3n) is 2.83. The van der Waals surface area contributed by atoms with Crippen molar-refractivity contribution in [3.05, 3.63) is 35.4 Å². The predicted molar refractivity (Wildman–Crippen MR) is 75.7 cm³/mol. The molecule has 0 saturated carbocycles. The molecule has 106 valence electrons. The summed E-state index contributed by atoms with van der Waals surface area (Å²) in [4.78, 5) is 23.5. The molecule has 5 heteroatoms. The molecule has 0 saturated heterocycles. The third kappa shape index (κ3) is 4.09. The van der Waals surface area contributed by atoms with E-state index in [1.807, 2.05) is 19.1 Å². The van der Waals surface area contributed by atoms with Crippen molar-refractivity contribution in [1.29, 1.82) is 5.26 Å². The molecule has 0 fully saturated rings. The lowest BCUT2D eigenvalue weighted by molar-refractivity contribution is -0.126. The fourth-order valence-electron chi connectivity index (χ4n) is 1.54. The second-order valence-corrected chi connectivity index (χ2v) is 4.98. The van der Waals surface area contributed by atoms with Crippen molar-refractivity contribution in [1.82, 2.24) is 10.6 Å². The van der Waals surface area contributed by atoms with Gasteiger partial charge in [0.25, 0.3) is 5.91 Å². The van der Waals surface area contributed by atoms with Gasteiger partial charge in [0.05, 0.1) is 6.07 Å². The second kappa shape index (κ2) is 6.71. The van der Waals surface area contributed by atoms with Crippen molar-refractivity contribution in [2.45, 2.75) is 27.3 Å². The van der Waals surface area contributed by atoms with Gasteiger partial charge in [-0.3, -0.25) is 9.59 Å². The molecule has 0 heterocycles. The Kier molecular flexibility index (Phi) is 5.27. The Morgan fingerprint density at radius 1 is 1.30 bits per heavy atom. The standard InChI is InChI=1S/C15H19N3O2/c1-4-17-13(19)12-7-5-6-11(8-12)9-18-14(20)15(2,3)10-16/h5-8H,4,9H2,1-3H3,(H,17,19)(H,18,20). The molecule has 0 bridgehead atoms. The maximum Gasteiger partial charge on any atom is 0.251 e. The van der Waals surface area contributed by atoms with Gasteiger partial charge in [0, 0.05) is 18.7 Å². The van der Waals surface area contributed by atoms with Crippen LogP contribution in [0.1, 0.15) is 36.7 Å². The molecule has 0 aliphatic carbocycles. The van der Waals surface area contributed by atoms with E-state index in [9.17, 15) is 9.59 Å². The highest BCUT2D eigenvalue weighted by molar-refractivity contribution is 5.94. The quantitative estimate of drug-likeness (QED) is 0.855. The van der Waals surface area contributed by atoms with Crippen molar-refractivity contribution < 1.29 is 9.59 Å². The number of hydrogen-bond donors (Lipinski definition) is 2. The molecule has 0 spiro atoms. The van der Waals surface area contributed by atoms with E-state index in [4.69, 9.17) is 5.26 Å². The van der Waals surface area contributed by atoms with Crippen LogP contribution in [0.3, 0.4) is 0 Å². The number of carbonyl (C=O) groups excluding carboxylic acids is 2. The van der Waals surface area contributed by atoms with Crippen LogP contribution < -0.4 is 10.6 Å². The number of benzene rings is 1. The average molecular weight is 273 g/mol. The highest BCUT2D eigenvalue weighted by atomic mass is 16.2. The van der Waals surface area contributed by atoms with E-state index in [-0.39, 0.29) is 18.4 Å². The summed E-state index contributed by atoms with van der Waals surface area (Å²) in [5.74, 6) is -0.471. The minimum atomic E-state index is -1.06. The van der Waals surface area contributed by atoms with E-state index in [2.05, 4.69) is 10.6 Å². The summed E-state index contributed by atoms with van der Waals surface area (Å²) >= 11 is 0. The summed E-state index contributed by atoms with van der Waals surface area (Å²) in [5, 5.41) is 14.3. The zero-order chi connectivity index (χ0) is 15.2. The van der Waals surface area contributed by atoms with Crippen LogP contribution in [0.15, 0.2) is 24.3 Å². The van der Waals surface area contributed by atoms with Crippen molar-refractivity contribution >= 4 is 11.8 Å². The second-order valence-electron chi connectivity index (χ2n) is 4.98. The summed E-state index contributed by atoms with van der Waals surface area (Å²) in [7, 11) is 0. The lowest BCUT2D eigenvalue weighted by Crippen LogP contribution is -2.35. The third-order valence-corrected chi connectivity index (χ3v) is 2.83. The largest absolute Gasteiger partial charge is 0.352 e. The zero-order valence-electron chi connectivity index (χ0n) is 12.0. The van der Waals surface area contributed by atoms with Gasteiger partial charge in [-0.25, -0.2) is 0 Å². The Morgan fingerprint density at radius 2 is 2.00 bits per heavy atom. The van der Waals surface area contributed by atoms with Gasteiger partial charge in [-0.1, -0.05) is 12.1 Å². The van der Waals surface area contributed by atoms with E-state index >= 15 is 0 Å². The van der Waals surface area contributed by atoms with Crippen LogP contribution >= 0.6 is 0 Å². The normalized spacial score (nSPS) is 10.5. The van der Waals surface area contributed by atoms with Crippen LogP contribution in [0, 0.1) is 16.7 Å². The highest BCUT2D eigenvalue weighted by Crippen LogP contribution is 2.13. The molecule has 1 aromatic rings. The molecular formula is C15H19N3O2. The topological polar surface area (TPSA) is 82.0 Å². The number of amides is 2. The van der Waals surface area contributed by atoms with Crippen molar-refractivity contribution in [2.24, 2.45) is 5.41 Å². The smallest absolute Gasteiger partial charge is 0.251 e. The van der Waals surface area contributed by atoms with Gasteiger partial charge in [0.2, 0.25) is 5.91 Å². The van der Waals surface area contributed by atoms with Crippen LogP contribution in [0.2, 0.25) is 0 Å². The number of nitrogens with zero attached hydrogens (tertiary/aromatic N) is 1. The lowest BCUT2D eigenvalue weighted by atomic mass is 9.94. The fraction of sp³-hybridized carbons (Fsp3) is 0.400. The van der Waals surface area contributed by atoms with Crippen LogP contribution in [-0.2, 0) is 11.3 Å². The first-order chi connectivity index (χ1) is 9.40. The molecule has 0 aliphatic heterocycles. The summed E-state index contributed by atoms with van der Waals surface area (Å²) in [6.45, 7) is 5.83. The fourth-order valence-corrected chi connectivity index (χ4v) is 1.54. The minimum Gasteiger partial charge on any atom is -0.352 e. The van der Waals surface area contributed by atoms with Gasteiger partial charge in [-0.2, -0.15) is 5.26 Å². The van der Waals surface area contributed by atoms with Gasteiger partial charge in [-0.05, 0) is 38.5 Å². The van der Waals surface area contributed by atoms with Crippen molar-refractivity contribution in [2.75, 3.05) is 6.54 Å². The lowest BCUT2D eigenvalue weighted by Gasteiger charge is -2.15. The molecule has 20 heavy (non-hydrogen) atoms. The molecular weight excluding hydrogens is 254 g/mol. The zero-order valence-corrected chi connectivity index (χ0v) is 12.0. The van der Waals surface area contributed by atoms with E-state index in [1.165, 1.54) is 0 Å². The molecule has 0 radical (unpaired) electrons. The minimum absolute atomic E-state index is 0.141. The molecule has 0 aliphatic rings. The number of nitriles is 1. The average Bonchev–Trinajstić information content (AvgIpc) is 2.45. The number of hydrogen-bond acceptors (Lipinski definition) is 3. The molecule has 2 amide bonds. The first-order valence-electron chi connectivity index (χ1n) is 6.47. The molecule has 2 N–H and O–H groups in total. The van der Waals surface area contributed by atoms with Crippen LogP contribution in [-0.4, -0.2) is 18.4 Å². The molecule has 1 aromatic carbocycles. The molecule has 5 nitrogen and oxygen atoms in total. The summed E-state index contributed by atoms with van der Waals surface area (Å²) in [6.07, 6.45) is 0. The van der Waals surface area contributed by atoms with Crippen molar-refractivity contribution in [3.63, 3.8) is 0 Å². The number of carbonyl (C=O) groups is 2. The van der Waals surface area contributed by atoms with Crippen LogP contribution in [0.25, 0.3) is 0 Å². The maximum absolute atomic E-state index is 11.8. The van der Waals surface area contributed by atoms with E-state index in [1.54, 1.807) is 32.0 Å².